The van der Waals surface area contributed by atoms with Crippen molar-refractivity contribution in [3.63, 3.8) is 0 Å². The fourth-order valence-electron chi connectivity index (χ4n) is 2.31. The van der Waals surface area contributed by atoms with Crippen LogP contribution < -0.4 is 0 Å². The van der Waals surface area contributed by atoms with Crippen LogP contribution in [0.1, 0.15) is 22.8 Å². The Morgan fingerprint density at radius 2 is 2.09 bits per heavy atom. The molecular formula is C17H14ClN3O2. The van der Waals surface area contributed by atoms with Crippen LogP contribution in [0, 0.1) is 0 Å². The van der Waals surface area contributed by atoms with E-state index in [9.17, 15) is 9.90 Å². The molecule has 0 aliphatic rings. The number of aromatic hydroxyl groups is 1. The summed E-state index contributed by atoms with van der Waals surface area (Å²) >= 11 is 5.86. The quantitative estimate of drug-likeness (QED) is 0.663. The Balaban J connectivity index is 1.97. The molecule has 1 heterocycles. The Morgan fingerprint density at radius 3 is 2.83 bits per heavy atom. The normalized spacial score (nSPS) is 11.4. The molecule has 3 aromatic rings. The fraction of sp³-hybridized carbons (Fsp3) is 0.118. The first-order valence-electron chi connectivity index (χ1n) is 7.13. The highest BCUT2D eigenvalue weighted by Crippen LogP contribution is 2.36. The molecular weight excluding hydrogens is 314 g/mol. The standard InChI is InChI=1S/C17H14ClN3O2/c1-2-10-6-7-14-13(8-10)15(17(23)19-14)20-21-16(22)11-4-3-5-12(18)9-11/h3-9,19,23H,2H2,1H3. The van der Waals surface area contributed by atoms with Gasteiger partial charge in [0, 0.05) is 16.0 Å². The number of amides is 1. The van der Waals surface area contributed by atoms with Gasteiger partial charge < -0.3 is 10.1 Å². The van der Waals surface area contributed by atoms with Gasteiger partial charge in [-0.05, 0) is 42.3 Å². The highest BCUT2D eigenvalue weighted by atomic mass is 35.5. The first-order valence-corrected chi connectivity index (χ1v) is 7.51. The summed E-state index contributed by atoms with van der Waals surface area (Å²) in [5.74, 6) is -0.635. The molecule has 0 aliphatic heterocycles. The van der Waals surface area contributed by atoms with Gasteiger partial charge in [0.15, 0.2) is 5.69 Å². The average molecular weight is 328 g/mol. The lowest BCUT2D eigenvalue weighted by atomic mass is 10.1. The summed E-state index contributed by atoms with van der Waals surface area (Å²) in [5, 5.41) is 18.8. The molecule has 0 spiro atoms. The number of aromatic amines is 1. The predicted octanol–water partition coefficient (Wildman–Crippen LogP) is 5.01. The number of carbonyl (C=O) groups excluding carboxylic acids is 1. The van der Waals surface area contributed by atoms with Crippen molar-refractivity contribution in [1.82, 2.24) is 4.98 Å². The molecule has 0 unspecified atom stereocenters. The van der Waals surface area contributed by atoms with Crippen LogP contribution in [0.15, 0.2) is 52.7 Å². The monoisotopic (exact) mass is 327 g/mol. The number of H-pyrrole nitrogens is 1. The number of azo groups is 1. The van der Waals surface area contributed by atoms with Crippen LogP contribution >= 0.6 is 11.6 Å². The van der Waals surface area contributed by atoms with Crippen LogP contribution in [0.2, 0.25) is 5.02 Å². The number of aryl methyl sites for hydroxylation is 1. The lowest BCUT2D eigenvalue weighted by molar-refractivity contribution is 0.0995. The smallest absolute Gasteiger partial charge is 0.295 e. The van der Waals surface area contributed by atoms with Gasteiger partial charge in [-0.25, -0.2) is 0 Å². The van der Waals surface area contributed by atoms with Gasteiger partial charge in [-0.1, -0.05) is 30.7 Å². The largest absolute Gasteiger partial charge is 0.493 e. The van der Waals surface area contributed by atoms with Crippen molar-refractivity contribution in [2.75, 3.05) is 0 Å². The van der Waals surface area contributed by atoms with Crippen LogP contribution in [0.25, 0.3) is 10.9 Å². The van der Waals surface area contributed by atoms with Crippen molar-refractivity contribution in [2.45, 2.75) is 13.3 Å². The summed E-state index contributed by atoms with van der Waals surface area (Å²) in [6.45, 7) is 2.04. The highest BCUT2D eigenvalue weighted by molar-refractivity contribution is 6.30. The number of halogens is 1. The molecule has 3 rings (SSSR count). The number of aromatic nitrogens is 1. The number of benzene rings is 2. The zero-order valence-corrected chi connectivity index (χ0v) is 13.1. The molecule has 2 N–H and O–H groups in total. The van der Waals surface area contributed by atoms with Crippen LogP contribution in [0.5, 0.6) is 5.88 Å². The summed E-state index contributed by atoms with van der Waals surface area (Å²) < 4.78 is 0. The van der Waals surface area contributed by atoms with Crippen molar-refractivity contribution in [3.05, 3.63) is 58.6 Å². The molecule has 0 fully saturated rings. The number of fused-ring (bicyclic) bond motifs is 1. The van der Waals surface area contributed by atoms with Gasteiger partial charge >= 0.3 is 0 Å². The van der Waals surface area contributed by atoms with E-state index in [2.05, 4.69) is 15.2 Å². The van der Waals surface area contributed by atoms with Crippen molar-refractivity contribution in [3.8, 4) is 5.88 Å². The second kappa shape index (κ2) is 6.22. The lowest BCUT2D eigenvalue weighted by Gasteiger charge is -1.97. The number of nitrogens with one attached hydrogen (secondary N) is 1. The third-order valence-corrected chi connectivity index (χ3v) is 3.77. The summed E-state index contributed by atoms with van der Waals surface area (Å²) in [6.07, 6.45) is 0.861. The Bertz CT molecular complexity index is 915. The van der Waals surface area contributed by atoms with E-state index >= 15 is 0 Å². The Hall–Kier alpha value is -2.66. The van der Waals surface area contributed by atoms with Gasteiger partial charge in [0.25, 0.3) is 5.91 Å². The molecule has 0 atom stereocenters. The second-order valence-electron chi connectivity index (χ2n) is 5.07. The zero-order chi connectivity index (χ0) is 16.4. The van der Waals surface area contributed by atoms with Crippen molar-refractivity contribution < 1.29 is 9.90 Å². The maximum Gasteiger partial charge on any atom is 0.295 e. The molecule has 1 aromatic heterocycles. The maximum atomic E-state index is 12.1. The van der Waals surface area contributed by atoms with E-state index in [0.717, 1.165) is 22.9 Å². The highest BCUT2D eigenvalue weighted by Gasteiger charge is 2.12. The molecule has 1 amide bonds. The van der Waals surface area contributed by atoms with Gasteiger partial charge in [0.1, 0.15) is 0 Å². The van der Waals surface area contributed by atoms with Gasteiger partial charge in [-0.15, -0.1) is 10.2 Å². The van der Waals surface area contributed by atoms with Crippen molar-refractivity contribution in [2.24, 2.45) is 10.2 Å². The van der Waals surface area contributed by atoms with Crippen LogP contribution in [-0.2, 0) is 6.42 Å². The fourth-order valence-corrected chi connectivity index (χ4v) is 2.50. The summed E-state index contributed by atoms with van der Waals surface area (Å²) in [5.41, 5.74) is 2.44. The molecule has 5 nitrogen and oxygen atoms in total. The Kier molecular flexibility index (Phi) is 4.12. The molecule has 23 heavy (non-hydrogen) atoms. The SMILES string of the molecule is CCc1ccc2[nH]c(O)c(N=NC(=O)c3cccc(Cl)c3)c2c1. The van der Waals surface area contributed by atoms with Crippen molar-refractivity contribution in [1.29, 1.82) is 0 Å². The minimum Gasteiger partial charge on any atom is -0.493 e. The van der Waals surface area contributed by atoms with Gasteiger partial charge in [-0.3, -0.25) is 4.79 Å². The van der Waals surface area contributed by atoms with Gasteiger partial charge in [0.05, 0.1) is 5.52 Å². The van der Waals surface area contributed by atoms with Gasteiger partial charge in [-0.2, -0.15) is 0 Å². The van der Waals surface area contributed by atoms with E-state index in [1.54, 1.807) is 18.2 Å². The Morgan fingerprint density at radius 1 is 1.26 bits per heavy atom. The molecule has 0 aliphatic carbocycles. The minimum atomic E-state index is -0.520. The van der Waals surface area contributed by atoms with E-state index in [1.807, 2.05) is 25.1 Å². The number of hydrogen-bond donors (Lipinski definition) is 2. The van der Waals surface area contributed by atoms with E-state index in [1.165, 1.54) is 6.07 Å². The van der Waals surface area contributed by atoms with Crippen LogP contribution in [0.4, 0.5) is 5.69 Å². The first kappa shape index (κ1) is 15.2. The first-order chi connectivity index (χ1) is 11.1. The van der Waals surface area contributed by atoms with Crippen molar-refractivity contribution >= 4 is 34.1 Å². The topological polar surface area (TPSA) is 77.8 Å². The number of hydrogen-bond acceptors (Lipinski definition) is 3. The summed E-state index contributed by atoms with van der Waals surface area (Å²) in [4.78, 5) is 14.9. The molecule has 0 radical (unpaired) electrons. The maximum absolute atomic E-state index is 12.1. The molecule has 6 heteroatoms. The predicted molar refractivity (Wildman–Crippen MR) is 89.6 cm³/mol. The van der Waals surface area contributed by atoms with E-state index in [4.69, 9.17) is 11.6 Å². The molecule has 0 bridgehead atoms. The minimum absolute atomic E-state index is 0.115. The number of carbonyl (C=O) groups is 1. The molecule has 2 aromatic carbocycles. The zero-order valence-electron chi connectivity index (χ0n) is 12.4. The number of nitrogens with zero attached hydrogens (tertiary/aromatic N) is 2. The van der Waals surface area contributed by atoms with E-state index in [0.29, 0.717) is 10.6 Å². The van der Waals surface area contributed by atoms with Crippen LogP contribution in [-0.4, -0.2) is 16.0 Å². The van der Waals surface area contributed by atoms with E-state index in [-0.39, 0.29) is 11.6 Å². The third kappa shape index (κ3) is 3.10. The lowest BCUT2D eigenvalue weighted by Crippen LogP contribution is -1.92. The summed E-state index contributed by atoms with van der Waals surface area (Å²) in [7, 11) is 0. The average Bonchev–Trinajstić information content (AvgIpc) is 2.87. The second-order valence-corrected chi connectivity index (χ2v) is 5.51. The molecule has 0 saturated carbocycles. The Labute approximate surface area is 137 Å². The molecule has 116 valence electrons. The van der Waals surface area contributed by atoms with Gasteiger partial charge in [0.2, 0.25) is 5.88 Å². The van der Waals surface area contributed by atoms with Crippen LogP contribution in [0.3, 0.4) is 0 Å². The third-order valence-electron chi connectivity index (χ3n) is 3.54. The van der Waals surface area contributed by atoms with E-state index < -0.39 is 5.91 Å². The summed E-state index contributed by atoms with van der Waals surface area (Å²) in [6, 6.07) is 12.2. The number of rotatable bonds is 3. The molecule has 0 saturated heterocycles.